The van der Waals surface area contributed by atoms with Gasteiger partial charge >= 0.3 is 0 Å². The smallest absolute Gasteiger partial charge is 0.262 e. The lowest BCUT2D eigenvalue weighted by atomic mass is 10.1. The molecule has 0 spiro atoms. The van der Waals surface area contributed by atoms with Crippen molar-refractivity contribution in [1.82, 2.24) is 5.32 Å². The summed E-state index contributed by atoms with van der Waals surface area (Å²) >= 11 is 0. The number of nitrogens with zero attached hydrogens (tertiary/aromatic N) is 1. The minimum Gasteiger partial charge on any atom is -0.497 e. The molecule has 0 aliphatic rings. The zero-order valence-electron chi connectivity index (χ0n) is 14.4. The zero-order valence-corrected chi connectivity index (χ0v) is 14.4. The Morgan fingerprint density at radius 3 is 2.48 bits per heavy atom. The molecule has 1 unspecified atom stereocenters. The molecule has 2 aromatic carbocycles. The monoisotopic (exact) mass is 336 g/mol. The largest absolute Gasteiger partial charge is 0.497 e. The molecule has 0 heterocycles. The first kappa shape index (κ1) is 18.1. The second-order valence-corrected chi connectivity index (χ2v) is 5.38. The SMILES string of the molecule is COc1ccc(/C=C(\C#N)C(=O)NC(C)c2ccccc2)c(OC)c1. The fourth-order valence-corrected chi connectivity index (χ4v) is 2.34. The Labute approximate surface area is 147 Å². The van der Waals surface area contributed by atoms with E-state index in [0.717, 1.165) is 5.56 Å². The van der Waals surface area contributed by atoms with Gasteiger partial charge in [-0.2, -0.15) is 5.26 Å². The summed E-state index contributed by atoms with van der Waals surface area (Å²) in [5, 5.41) is 12.2. The summed E-state index contributed by atoms with van der Waals surface area (Å²) in [5.74, 6) is 0.724. The Hall–Kier alpha value is -3.26. The highest BCUT2D eigenvalue weighted by molar-refractivity contribution is 6.02. The average molecular weight is 336 g/mol. The minimum atomic E-state index is -0.434. The number of benzene rings is 2. The third kappa shape index (κ3) is 4.61. The van der Waals surface area contributed by atoms with E-state index >= 15 is 0 Å². The Morgan fingerprint density at radius 1 is 1.16 bits per heavy atom. The van der Waals surface area contributed by atoms with Gasteiger partial charge in [-0.25, -0.2) is 0 Å². The summed E-state index contributed by atoms with van der Waals surface area (Å²) in [6.45, 7) is 1.87. The molecule has 0 bridgehead atoms. The van der Waals surface area contributed by atoms with Crippen LogP contribution in [0.15, 0.2) is 54.1 Å². The highest BCUT2D eigenvalue weighted by Crippen LogP contribution is 2.26. The molecule has 0 fully saturated rings. The third-order valence-corrected chi connectivity index (χ3v) is 3.75. The fraction of sp³-hybridized carbons (Fsp3) is 0.200. The molecule has 0 aliphatic heterocycles. The topological polar surface area (TPSA) is 71.3 Å². The third-order valence-electron chi connectivity index (χ3n) is 3.75. The lowest BCUT2D eigenvalue weighted by molar-refractivity contribution is -0.117. The van der Waals surface area contributed by atoms with Crippen LogP contribution in [-0.2, 0) is 4.79 Å². The molecule has 0 aromatic heterocycles. The van der Waals surface area contributed by atoms with Crippen molar-refractivity contribution in [3.63, 3.8) is 0 Å². The maximum atomic E-state index is 12.4. The molecule has 0 aliphatic carbocycles. The number of carbonyl (C=O) groups excluding carboxylic acids is 1. The van der Waals surface area contributed by atoms with Gasteiger partial charge in [0, 0.05) is 11.6 Å². The summed E-state index contributed by atoms with van der Waals surface area (Å²) in [6, 6.07) is 16.5. The van der Waals surface area contributed by atoms with Crippen LogP contribution < -0.4 is 14.8 Å². The molecule has 0 saturated heterocycles. The summed E-state index contributed by atoms with van der Waals surface area (Å²) in [7, 11) is 3.08. The van der Waals surface area contributed by atoms with E-state index in [1.54, 1.807) is 25.3 Å². The maximum absolute atomic E-state index is 12.4. The highest BCUT2D eigenvalue weighted by atomic mass is 16.5. The van der Waals surface area contributed by atoms with Crippen LogP contribution in [0.25, 0.3) is 6.08 Å². The van der Waals surface area contributed by atoms with Gasteiger partial charge in [-0.15, -0.1) is 0 Å². The Kier molecular flexibility index (Phi) is 6.19. The number of methoxy groups -OCH3 is 2. The number of nitriles is 1. The molecule has 2 aromatic rings. The Bertz CT molecular complexity index is 807. The molecule has 1 atom stereocenters. The van der Waals surface area contributed by atoms with Crippen molar-refractivity contribution < 1.29 is 14.3 Å². The summed E-state index contributed by atoms with van der Waals surface area (Å²) in [6.07, 6.45) is 1.51. The van der Waals surface area contributed by atoms with Crippen LogP contribution in [0.3, 0.4) is 0 Å². The van der Waals surface area contributed by atoms with E-state index < -0.39 is 5.91 Å². The molecule has 25 heavy (non-hydrogen) atoms. The van der Waals surface area contributed by atoms with Gasteiger partial charge in [0.05, 0.1) is 20.3 Å². The molecular formula is C20H20N2O3. The van der Waals surface area contributed by atoms with Crippen LogP contribution in [-0.4, -0.2) is 20.1 Å². The number of nitrogens with one attached hydrogen (secondary N) is 1. The first-order valence-electron chi connectivity index (χ1n) is 7.78. The number of rotatable bonds is 6. The maximum Gasteiger partial charge on any atom is 0.262 e. The van der Waals surface area contributed by atoms with Crippen molar-refractivity contribution in [2.45, 2.75) is 13.0 Å². The van der Waals surface area contributed by atoms with Crippen molar-refractivity contribution in [2.24, 2.45) is 0 Å². The molecule has 1 amide bonds. The van der Waals surface area contributed by atoms with Crippen LogP contribution >= 0.6 is 0 Å². The highest BCUT2D eigenvalue weighted by Gasteiger charge is 2.14. The number of amides is 1. The molecule has 128 valence electrons. The van der Waals surface area contributed by atoms with Gasteiger partial charge in [0.15, 0.2) is 0 Å². The molecule has 5 heteroatoms. The van der Waals surface area contributed by atoms with Crippen LogP contribution in [0.2, 0.25) is 0 Å². The lowest BCUT2D eigenvalue weighted by Gasteiger charge is -2.14. The van der Waals surface area contributed by atoms with Crippen LogP contribution in [0.5, 0.6) is 11.5 Å². The number of hydrogen-bond donors (Lipinski definition) is 1. The van der Waals surface area contributed by atoms with Gasteiger partial charge in [0.2, 0.25) is 0 Å². The minimum absolute atomic E-state index is 0.00579. The standard InChI is InChI=1S/C20H20N2O3/c1-14(15-7-5-4-6-8-15)22-20(23)17(13-21)11-16-9-10-18(24-2)12-19(16)25-3/h4-12,14H,1-3H3,(H,22,23)/b17-11+. The van der Waals surface area contributed by atoms with Crippen LogP contribution in [0.1, 0.15) is 24.1 Å². The van der Waals surface area contributed by atoms with E-state index in [4.69, 9.17) is 9.47 Å². The van der Waals surface area contributed by atoms with E-state index in [1.165, 1.54) is 13.2 Å². The predicted molar refractivity (Wildman–Crippen MR) is 96.1 cm³/mol. The van der Waals surface area contributed by atoms with Crippen molar-refractivity contribution >= 4 is 12.0 Å². The van der Waals surface area contributed by atoms with Crippen molar-refractivity contribution in [3.05, 3.63) is 65.2 Å². The summed E-state index contributed by atoms with van der Waals surface area (Å²) in [5.41, 5.74) is 1.60. The van der Waals surface area contributed by atoms with E-state index in [2.05, 4.69) is 5.32 Å². The zero-order chi connectivity index (χ0) is 18.2. The predicted octanol–water partition coefficient (Wildman–Crippen LogP) is 3.49. The van der Waals surface area contributed by atoms with Crippen molar-refractivity contribution in [1.29, 1.82) is 5.26 Å². The van der Waals surface area contributed by atoms with Gasteiger partial charge < -0.3 is 14.8 Å². The second kappa shape index (κ2) is 8.55. The van der Waals surface area contributed by atoms with E-state index in [0.29, 0.717) is 17.1 Å². The molecule has 5 nitrogen and oxygen atoms in total. The average Bonchev–Trinajstić information content (AvgIpc) is 2.66. The molecule has 0 saturated carbocycles. The Morgan fingerprint density at radius 2 is 1.88 bits per heavy atom. The van der Waals surface area contributed by atoms with Gasteiger partial charge in [0.25, 0.3) is 5.91 Å². The van der Waals surface area contributed by atoms with Gasteiger partial charge in [0.1, 0.15) is 23.1 Å². The first-order valence-corrected chi connectivity index (χ1v) is 7.78. The van der Waals surface area contributed by atoms with Crippen molar-refractivity contribution in [2.75, 3.05) is 14.2 Å². The summed E-state index contributed by atoms with van der Waals surface area (Å²) in [4.78, 5) is 12.4. The fourth-order valence-electron chi connectivity index (χ4n) is 2.34. The molecular weight excluding hydrogens is 316 g/mol. The normalized spacial score (nSPS) is 12.0. The van der Waals surface area contributed by atoms with E-state index in [1.807, 2.05) is 43.3 Å². The molecule has 2 rings (SSSR count). The number of carbonyl (C=O) groups is 1. The quantitative estimate of drug-likeness (QED) is 0.647. The first-order chi connectivity index (χ1) is 12.1. The molecule has 0 radical (unpaired) electrons. The van der Waals surface area contributed by atoms with Crippen LogP contribution in [0.4, 0.5) is 0 Å². The summed E-state index contributed by atoms with van der Waals surface area (Å²) < 4.78 is 10.4. The van der Waals surface area contributed by atoms with Crippen LogP contribution in [0, 0.1) is 11.3 Å². The van der Waals surface area contributed by atoms with E-state index in [9.17, 15) is 10.1 Å². The lowest BCUT2D eigenvalue weighted by Crippen LogP contribution is -2.27. The van der Waals surface area contributed by atoms with Gasteiger partial charge in [-0.05, 0) is 30.7 Å². The Balaban J connectivity index is 2.22. The van der Waals surface area contributed by atoms with Gasteiger partial charge in [-0.3, -0.25) is 4.79 Å². The van der Waals surface area contributed by atoms with E-state index in [-0.39, 0.29) is 11.6 Å². The second-order valence-electron chi connectivity index (χ2n) is 5.38. The van der Waals surface area contributed by atoms with Crippen molar-refractivity contribution in [3.8, 4) is 17.6 Å². The molecule has 1 N–H and O–H groups in total. The van der Waals surface area contributed by atoms with Gasteiger partial charge in [-0.1, -0.05) is 30.3 Å². The number of hydrogen-bond acceptors (Lipinski definition) is 4. The number of ether oxygens (including phenoxy) is 2.